The highest BCUT2D eigenvalue weighted by Gasteiger charge is 2.51. The zero-order valence-electron chi connectivity index (χ0n) is 16.4. The molecule has 4 bridgehead atoms. The summed E-state index contributed by atoms with van der Waals surface area (Å²) in [5.74, 6) is 0.0804. The molecule has 4 N–H and O–H groups in total. The fourth-order valence-corrected chi connectivity index (χ4v) is 6.46. The van der Waals surface area contributed by atoms with Crippen LogP contribution in [0.4, 0.5) is 4.79 Å². The summed E-state index contributed by atoms with van der Waals surface area (Å²) in [5, 5.41) is 17.8. The van der Waals surface area contributed by atoms with Crippen molar-refractivity contribution in [3.8, 4) is 0 Å². The van der Waals surface area contributed by atoms with Crippen molar-refractivity contribution < 1.29 is 19.5 Å². The van der Waals surface area contributed by atoms with Gasteiger partial charge in [-0.1, -0.05) is 29.3 Å². The molecule has 0 saturated heterocycles. The maximum atomic E-state index is 12.5. The Morgan fingerprint density at radius 2 is 1.57 bits per heavy atom. The van der Waals surface area contributed by atoms with Gasteiger partial charge in [-0.3, -0.25) is 4.79 Å². The molecular formula is C21H25Cl2N3O4. The summed E-state index contributed by atoms with van der Waals surface area (Å²) in [6, 6.07) is 2.87. The van der Waals surface area contributed by atoms with Crippen LogP contribution in [0.3, 0.4) is 0 Å². The van der Waals surface area contributed by atoms with E-state index in [1.807, 2.05) is 0 Å². The van der Waals surface area contributed by atoms with E-state index in [4.69, 9.17) is 23.2 Å². The molecule has 1 aromatic rings. The first kappa shape index (κ1) is 21.2. The molecule has 7 nitrogen and oxygen atoms in total. The number of urea groups is 1. The van der Waals surface area contributed by atoms with Crippen molar-refractivity contribution in [1.82, 2.24) is 16.0 Å². The van der Waals surface area contributed by atoms with Gasteiger partial charge in [0.05, 0.1) is 22.2 Å². The third kappa shape index (κ3) is 4.37. The summed E-state index contributed by atoms with van der Waals surface area (Å²) in [4.78, 5) is 36.6. The zero-order chi connectivity index (χ0) is 21.5. The first-order chi connectivity index (χ1) is 14.2. The van der Waals surface area contributed by atoms with Crippen LogP contribution >= 0.6 is 23.2 Å². The van der Waals surface area contributed by atoms with Crippen LogP contribution in [0.5, 0.6) is 0 Å². The van der Waals surface area contributed by atoms with E-state index in [1.54, 1.807) is 6.07 Å². The highest BCUT2D eigenvalue weighted by molar-refractivity contribution is 6.39. The van der Waals surface area contributed by atoms with E-state index in [2.05, 4.69) is 16.0 Å². The largest absolute Gasteiger partial charge is 0.480 e. The molecule has 1 atom stereocenters. The minimum Gasteiger partial charge on any atom is -0.480 e. The first-order valence-corrected chi connectivity index (χ1v) is 11.0. The molecule has 0 unspecified atom stereocenters. The summed E-state index contributed by atoms with van der Waals surface area (Å²) in [6.45, 7) is -0.249. The van der Waals surface area contributed by atoms with Crippen molar-refractivity contribution in [1.29, 1.82) is 0 Å². The third-order valence-electron chi connectivity index (χ3n) is 6.68. The lowest BCUT2D eigenvalue weighted by Gasteiger charge is -2.56. The van der Waals surface area contributed by atoms with Gasteiger partial charge in [0.15, 0.2) is 0 Å². The average Bonchev–Trinajstić information content (AvgIpc) is 2.63. The Bertz CT molecular complexity index is 820. The smallest absolute Gasteiger partial charge is 0.328 e. The van der Waals surface area contributed by atoms with Crippen LogP contribution < -0.4 is 16.0 Å². The van der Waals surface area contributed by atoms with E-state index in [0.717, 1.165) is 19.3 Å². The number of carbonyl (C=O) groups is 3. The van der Waals surface area contributed by atoms with Gasteiger partial charge in [-0.25, -0.2) is 9.59 Å². The van der Waals surface area contributed by atoms with Crippen LogP contribution in [0, 0.1) is 17.8 Å². The minimum atomic E-state index is -1.31. The van der Waals surface area contributed by atoms with Crippen molar-refractivity contribution in [2.24, 2.45) is 17.8 Å². The second-order valence-electron chi connectivity index (χ2n) is 8.99. The topological polar surface area (TPSA) is 108 Å². The lowest BCUT2D eigenvalue weighted by Crippen LogP contribution is -2.62. The number of aliphatic carboxylic acids is 1. The summed E-state index contributed by atoms with van der Waals surface area (Å²) in [5.41, 5.74) is -0.170. The summed E-state index contributed by atoms with van der Waals surface area (Å²) in [6.07, 6.45) is 6.78. The monoisotopic (exact) mass is 453 g/mol. The molecule has 4 fully saturated rings. The molecule has 4 aliphatic rings. The number of rotatable bonds is 6. The summed E-state index contributed by atoms with van der Waals surface area (Å²) < 4.78 is 0. The molecule has 9 heteroatoms. The molecule has 5 rings (SSSR count). The number of carboxylic acid groups (broad SMARTS) is 1. The molecular weight excluding hydrogens is 429 g/mol. The van der Waals surface area contributed by atoms with E-state index in [9.17, 15) is 19.5 Å². The molecule has 4 aliphatic carbocycles. The number of benzene rings is 1. The Morgan fingerprint density at radius 3 is 2.07 bits per heavy atom. The molecule has 3 amide bonds. The number of hydrogen-bond donors (Lipinski definition) is 4. The Morgan fingerprint density at radius 1 is 1.03 bits per heavy atom. The number of carbonyl (C=O) groups excluding carboxylic acids is 2. The molecule has 0 aromatic heterocycles. The van der Waals surface area contributed by atoms with Crippen LogP contribution in [0.1, 0.15) is 48.9 Å². The maximum Gasteiger partial charge on any atom is 0.328 e. The second-order valence-corrected chi connectivity index (χ2v) is 9.81. The fraction of sp³-hybridized carbons (Fsp3) is 0.571. The quantitative estimate of drug-likeness (QED) is 0.528. The van der Waals surface area contributed by atoms with Crippen LogP contribution in [-0.2, 0) is 4.79 Å². The lowest BCUT2D eigenvalue weighted by molar-refractivity contribution is -0.139. The molecule has 1 aromatic carbocycles. The first-order valence-electron chi connectivity index (χ1n) is 10.3. The van der Waals surface area contributed by atoms with Gasteiger partial charge in [-0.05, 0) is 68.4 Å². The second kappa shape index (κ2) is 8.27. The standard InChI is InChI=1S/C21H25Cl2N3O4/c22-14-2-1-3-15(23)17(14)18(27)25-16(19(28)29)10-24-20(30)26-21-7-11-4-12(8-21)6-13(5-11)9-21/h1-3,11-13,16H,4-10H2,(H,25,27)(H,28,29)(H2,24,26,30)/t11?,12?,13?,16-,21?/m0/s1. The Labute approximate surface area is 184 Å². The molecule has 4 saturated carbocycles. The zero-order valence-corrected chi connectivity index (χ0v) is 17.9. The SMILES string of the molecule is O=C(NC[C@H](NC(=O)c1c(Cl)cccc1Cl)C(=O)O)NC12CC3CC(CC(C3)C1)C2. The third-order valence-corrected chi connectivity index (χ3v) is 7.31. The normalized spacial score (nSPS) is 29.9. The Kier molecular flexibility index (Phi) is 5.86. The minimum absolute atomic E-state index is 0.00472. The number of amides is 3. The number of nitrogens with one attached hydrogen (secondary N) is 3. The van der Waals surface area contributed by atoms with Crippen molar-refractivity contribution >= 4 is 41.1 Å². The van der Waals surface area contributed by atoms with Crippen molar-refractivity contribution in [3.05, 3.63) is 33.8 Å². The summed E-state index contributed by atoms with van der Waals surface area (Å²) in [7, 11) is 0. The average molecular weight is 454 g/mol. The van der Waals surface area contributed by atoms with Gasteiger partial charge >= 0.3 is 12.0 Å². The van der Waals surface area contributed by atoms with Gasteiger partial charge in [-0.2, -0.15) is 0 Å². The molecule has 0 spiro atoms. The molecule has 30 heavy (non-hydrogen) atoms. The highest BCUT2D eigenvalue weighted by atomic mass is 35.5. The van der Waals surface area contributed by atoms with Crippen LogP contribution in [0.2, 0.25) is 10.0 Å². The van der Waals surface area contributed by atoms with Crippen molar-refractivity contribution in [3.63, 3.8) is 0 Å². The molecule has 0 heterocycles. The predicted molar refractivity (Wildman–Crippen MR) is 113 cm³/mol. The van der Waals surface area contributed by atoms with Crippen LogP contribution in [0.25, 0.3) is 0 Å². The van der Waals surface area contributed by atoms with Gasteiger partial charge < -0.3 is 21.1 Å². The van der Waals surface area contributed by atoms with E-state index in [0.29, 0.717) is 17.8 Å². The van der Waals surface area contributed by atoms with Crippen LogP contribution in [0.15, 0.2) is 18.2 Å². The molecule has 162 valence electrons. The number of carboxylic acids is 1. The van der Waals surface area contributed by atoms with Gasteiger partial charge in [0.1, 0.15) is 6.04 Å². The van der Waals surface area contributed by atoms with Gasteiger partial charge in [-0.15, -0.1) is 0 Å². The van der Waals surface area contributed by atoms with Gasteiger partial charge in [0.25, 0.3) is 5.91 Å². The van der Waals surface area contributed by atoms with Crippen molar-refractivity contribution in [2.45, 2.75) is 50.1 Å². The maximum absolute atomic E-state index is 12.5. The van der Waals surface area contributed by atoms with E-state index in [1.165, 1.54) is 31.4 Å². The Hall–Kier alpha value is -1.99. The summed E-state index contributed by atoms with van der Waals surface area (Å²) >= 11 is 12.0. The predicted octanol–water partition coefficient (Wildman–Crippen LogP) is 3.44. The highest BCUT2D eigenvalue weighted by Crippen LogP contribution is 2.55. The van der Waals surface area contributed by atoms with Crippen LogP contribution in [-0.4, -0.2) is 41.1 Å². The van der Waals surface area contributed by atoms with E-state index >= 15 is 0 Å². The lowest BCUT2D eigenvalue weighted by atomic mass is 9.53. The number of halogens is 2. The van der Waals surface area contributed by atoms with E-state index < -0.39 is 23.9 Å². The van der Waals surface area contributed by atoms with Crippen molar-refractivity contribution in [2.75, 3.05) is 6.54 Å². The van der Waals surface area contributed by atoms with Gasteiger partial charge in [0.2, 0.25) is 0 Å². The van der Waals surface area contributed by atoms with Gasteiger partial charge in [0, 0.05) is 5.54 Å². The Balaban J connectivity index is 1.34. The molecule has 0 aliphatic heterocycles. The van der Waals surface area contributed by atoms with E-state index in [-0.39, 0.29) is 27.7 Å². The fourth-order valence-electron chi connectivity index (χ4n) is 5.89. The molecule has 0 radical (unpaired) electrons. The number of hydrogen-bond acceptors (Lipinski definition) is 3.